The van der Waals surface area contributed by atoms with Crippen LogP contribution in [0, 0.1) is 5.92 Å². The molecule has 0 radical (unpaired) electrons. The van der Waals surface area contributed by atoms with Crippen LogP contribution in [0.1, 0.15) is 44.7 Å². The highest BCUT2D eigenvalue weighted by molar-refractivity contribution is 7.07. The maximum Gasteiger partial charge on any atom is 0.246 e. The quantitative estimate of drug-likeness (QED) is 0.926. The van der Waals surface area contributed by atoms with Crippen molar-refractivity contribution in [2.75, 3.05) is 0 Å². The zero-order valence-corrected chi connectivity index (χ0v) is 12.7. The summed E-state index contributed by atoms with van der Waals surface area (Å²) in [5, 5.41) is 7.00. The number of hydrogen-bond donors (Lipinski definition) is 1. The van der Waals surface area contributed by atoms with Crippen molar-refractivity contribution in [2.45, 2.75) is 51.2 Å². The van der Waals surface area contributed by atoms with Crippen LogP contribution >= 0.6 is 11.3 Å². The van der Waals surface area contributed by atoms with E-state index in [2.05, 4.69) is 10.7 Å². The molecule has 4 nitrogen and oxygen atoms in total. The summed E-state index contributed by atoms with van der Waals surface area (Å²) in [6.45, 7) is 3.98. The van der Waals surface area contributed by atoms with E-state index in [0.717, 1.165) is 18.4 Å². The molecule has 0 spiro atoms. The van der Waals surface area contributed by atoms with Gasteiger partial charge >= 0.3 is 0 Å². The molecular formula is C15H20N2O2S. The van der Waals surface area contributed by atoms with Crippen LogP contribution in [-0.4, -0.2) is 28.8 Å². The number of carbonyl (C=O) groups is 2. The summed E-state index contributed by atoms with van der Waals surface area (Å²) in [6, 6.07) is 1.36. The van der Waals surface area contributed by atoms with Gasteiger partial charge in [0, 0.05) is 0 Å². The first kappa shape index (κ1) is 13.6. The summed E-state index contributed by atoms with van der Waals surface area (Å²) in [7, 11) is 0. The van der Waals surface area contributed by atoms with E-state index in [1.165, 1.54) is 0 Å². The van der Waals surface area contributed by atoms with Gasteiger partial charge in [-0.25, -0.2) is 0 Å². The van der Waals surface area contributed by atoms with Crippen LogP contribution in [0.2, 0.25) is 0 Å². The third kappa shape index (κ3) is 2.24. The van der Waals surface area contributed by atoms with Crippen molar-refractivity contribution in [1.82, 2.24) is 10.2 Å². The first-order valence-corrected chi connectivity index (χ1v) is 8.22. The number of rotatable bonds is 4. The van der Waals surface area contributed by atoms with Gasteiger partial charge in [0.05, 0.1) is 6.04 Å². The number of amides is 2. The molecule has 0 aromatic carbocycles. The van der Waals surface area contributed by atoms with E-state index in [-0.39, 0.29) is 29.9 Å². The number of nitrogens with one attached hydrogen (secondary N) is 1. The third-order valence-corrected chi connectivity index (χ3v) is 5.08. The standard InChI is InChI=1S/C15H20N2O2S/c1-3-12-14(18)16-13(10-4-5-10)15(19)17(12)9(2)11-6-7-20-8-11/h6-10,12-13H,3-5H2,1-2H3,(H,16,18). The van der Waals surface area contributed by atoms with E-state index in [0.29, 0.717) is 12.3 Å². The van der Waals surface area contributed by atoms with E-state index in [1.807, 2.05) is 30.2 Å². The van der Waals surface area contributed by atoms with Crippen LogP contribution in [0.3, 0.4) is 0 Å². The van der Waals surface area contributed by atoms with Crippen LogP contribution in [0.15, 0.2) is 16.8 Å². The average molecular weight is 292 g/mol. The zero-order chi connectivity index (χ0) is 14.3. The Kier molecular flexibility index (Phi) is 3.54. The number of hydrogen-bond acceptors (Lipinski definition) is 3. The molecule has 1 aliphatic heterocycles. The predicted molar refractivity (Wildman–Crippen MR) is 78.3 cm³/mol. The molecule has 2 fully saturated rings. The first-order chi connectivity index (χ1) is 9.63. The molecule has 3 atom stereocenters. The van der Waals surface area contributed by atoms with Gasteiger partial charge in [0.2, 0.25) is 11.8 Å². The van der Waals surface area contributed by atoms with Crippen molar-refractivity contribution in [1.29, 1.82) is 0 Å². The molecule has 0 bridgehead atoms. The molecule has 1 aliphatic carbocycles. The molecule has 3 unspecified atom stereocenters. The van der Waals surface area contributed by atoms with E-state index in [1.54, 1.807) is 11.3 Å². The second kappa shape index (κ2) is 5.20. The minimum absolute atomic E-state index is 0.00563. The highest BCUT2D eigenvalue weighted by Crippen LogP contribution is 2.37. The molecule has 2 heterocycles. The molecule has 2 amide bonds. The molecule has 108 valence electrons. The Labute approximate surface area is 123 Å². The van der Waals surface area contributed by atoms with Gasteiger partial charge in [0.15, 0.2) is 0 Å². The van der Waals surface area contributed by atoms with Gasteiger partial charge in [-0.2, -0.15) is 11.3 Å². The van der Waals surface area contributed by atoms with E-state index >= 15 is 0 Å². The molecular weight excluding hydrogens is 272 g/mol. The minimum atomic E-state index is -0.340. The Morgan fingerprint density at radius 3 is 2.75 bits per heavy atom. The maximum atomic E-state index is 12.8. The van der Waals surface area contributed by atoms with Gasteiger partial charge in [-0.15, -0.1) is 0 Å². The van der Waals surface area contributed by atoms with Crippen LogP contribution in [0.5, 0.6) is 0 Å². The van der Waals surface area contributed by atoms with Gasteiger partial charge in [-0.3, -0.25) is 9.59 Å². The highest BCUT2D eigenvalue weighted by Gasteiger charge is 2.47. The second-order valence-electron chi connectivity index (χ2n) is 5.73. The van der Waals surface area contributed by atoms with Crippen molar-refractivity contribution < 1.29 is 9.59 Å². The number of nitrogens with zero attached hydrogens (tertiary/aromatic N) is 1. The molecule has 1 aromatic heterocycles. The lowest BCUT2D eigenvalue weighted by Gasteiger charge is -2.42. The Morgan fingerprint density at radius 1 is 1.45 bits per heavy atom. The summed E-state index contributed by atoms with van der Waals surface area (Å²) in [5.41, 5.74) is 1.12. The van der Waals surface area contributed by atoms with E-state index in [4.69, 9.17) is 0 Å². The molecule has 2 aliphatic rings. The SMILES string of the molecule is CCC1C(=O)NC(C2CC2)C(=O)N1C(C)c1ccsc1. The Morgan fingerprint density at radius 2 is 2.20 bits per heavy atom. The molecule has 3 rings (SSSR count). The molecule has 20 heavy (non-hydrogen) atoms. The van der Waals surface area contributed by atoms with Crippen LogP contribution in [-0.2, 0) is 9.59 Å². The monoisotopic (exact) mass is 292 g/mol. The lowest BCUT2D eigenvalue weighted by Crippen LogP contribution is -2.64. The summed E-state index contributed by atoms with van der Waals surface area (Å²) < 4.78 is 0. The van der Waals surface area contributed by atoms with Gasteiger partial charge < -0.3 is 10.2 Å². The normalized spacial score (nSPS) is 28.4. The maximum absolute atomic E-state index is 12.8. The average Bonchev–Trinajstić information content (AvgIpc) is 3.13. The Balaban J connectivity index is 1.90. The fourth-order valence-electron chi connectivity index (χ4n) is 3.02. The van der Waals surface area contributed by atoms with Crippen molar-refractivity contribution in [3.05, 3.63) is 22.4 Å². The van der Waals surface area contributed by atoms with Crippen molar-refractivity contribution >= 4 is 23.2 Å². The summed E-state index contributed by atoms with van der Waals surface area (Å²) >= 11 is 1.62. The highest BCUT2D eigenvalue weighted by atomic mass is 32.1. The smallest absolute Gasteiger partial charge is 0.246 e. The first-order valence-electron chi connectivity index (χ1n) is 7.28. The van der Waals surface area contributed by atoms with E-state index < -0.39 is 0 Å². The lowest BCUT2D eigenvalue weighted by molar-refractivity contribution is -0.152. The summed E-state index contributed by atoms with van der Waals surface area (Å²) in [4.78, 5) is 26.9. The number of carbonyl (C=O) groups excluding carboxylic acids is 2. The van der Waals surface area contributed by atoms with Gasteiger partial charge in [-0.1, -0.05) is 6.92 Å². The molecule has 1 saturated carbocycles. The van der Waals surface area contributed by atoms with Crippen molar-refractivity contribution in [2.24, 2.45) is 5.92 Å². The third-order valence-electron chi connectivity index (χ3n) is 4.38. The molecule has 1 saturated heterocycles. The Bertz CT molecular complexity index is 510. The lowest BCUT2D eigenvalue weighted by atomic mass is 9.98. The summed E-state index contributed by atoms with van der Waals surface area (Å²) in [5.74, 6) is 0.449. The topological polar surface area (TPSA) is 49.4 Å². The predicted octanol–water partition coefficient (Wildman–Crippen LogP) is 2.32. The fourth-order valence-corrected chi connectivity index (χ4v) is 3.76. The second-order valence-corrected chi connectivity index (χ2v) is 6.51. The number of thiophene rings is 1. The summed E-state index contributed by atoms with van der Waals surface area (Å²) in [6.07, 6.45) is 2.76. The van der Waals surface area contributed by atoms with Crippen LogP contribution < -0.4 is 5.32 Å². The minimum Gasteiger partial charge on any atom is -0.342 e. The number of piperazine rings is 1. The Hall–Kier alpha value is -1.36. The van der Waals surface area contributed by atoms with Gasteiger partial charge in [0.1, 0.15) is 12.1 Å². The molecule has 1 N–H and O–H groups in total. The van der Waals surface area contributed by atoms with Gasteiger partial charge in [-0.05, 0) is 54.5 Å². The van der Waals surface area contributed by atoms with Crippen LogP contribution in [0.25, 0.3) is 0 Å². The zero-order valence-electron chi connectivity index (χ0n) is 11.8. The van der Waals surface area contributed by atoms with E-state index in [9.17, 15) is 9.59 Å². The van der Waals surface area contributed by atoms with Crippen LogP contribution in [0.4, 0.5) is 0 Å². The largest absolute Gasteiger partial charge is 0.342 e. The fraction of sp³-hybridized carbons (Fsp3) is 0.600. The van der Waals surface area contributed by atoms with Gasteiger partial charge in [0.25, 0.3) is 0 Å². The van der Waals surface area contributed by atoms with Crippen molar-refractivity contribution in [3.63, 3.8) is 0 Å². The van der Waals surface area contributed by atoms with Crippen molar-refractivity contribution in [3.8, 4) is 0 Å². The molecule has 5 heteroatoms. The molecule has 1 aromatic rings.